The molecule has 1 heterocycles. The quantitative estimate of drug-likeness (QED) is 0.830. The summed E-state index contributed by atoms with van der Waals surface area (Å²) >= 11 is 0. The van der Waals surface area contributed by atoms with E-state index in [0.717, 1.165) is 0 Å². The summed E-state index contributed by atoms with van der Waals surface area (Å²) in [5.74, 6) is -0.446. The summed E-state index contributed by atoms with van der Waals surface area (Å²) < 4.78 is 41.1. The minimum atomic E-state index is -3.13. The highest BCUT2D eigenvalue weighted by molar-refractivity contribution is 7.90. The first-order valence-corrected chi connectivity index (χ1v) is 6.70. The monoisotopic (exact) mass is 242 g/mol. The van der Waals surface area contributed by atoms with Crippen LogP contribution in [0.1, 0.15) is 12.5 Å². The smallest absolute Gasteiger partial charge is 0.154 e. The lowest BCUT2D eigenvalue weighted by Crippen LogP contribution is -2.05. The molecule has 16 heavy (non-hydrogen) atoms. The molecule has 0 saturated heterocycles. The van der Waals surface area contributed by atoms with Crippen molar-refractivity contribution in [1.29, 1.82) is 0 Å². The van der Waals surface area contributed by atoms with Crippen LogP contribution < -0.4 is 0 Å². The van der Waals surface area contributed by atoms with Gasteiger partial charge in [0.25, 0.3) is 0 Å². The van der Waals surface area contributed by atoms with Crippen molar-refractivity contribution in [3.8, 4) is 0 Å². The van der Waals surface area contributed by atoms with Crippen molar-refractivity contribution in [3.05, 3.63) is 35.8 Å². The Kier molecular flexibility index (Phi) is 2.71. The predicted octanol–water partition coefficient (Wildman–Crippen LogP) is 2.51. The summed E-state index contributed by atoms with van der Waals surface area (Å²) in [5.41, 5.74) is 1.01. The molecule has 1 aromatic heterocycles. The van der Waals surface area contributed by atoms with E-state index in [-0.39, 0.29) is 11.5 Å². The van der Waals surface area contributed by atoms with Crippen molar-refractivity contribution in [2.45, 2.75) is 12.7 Å². The van der Waals surface area contributed by atoms with E-state index >= 15 is 0 Å². The molecule has 5 heteroatoms. The lowest BCUT2D eigenvalue weighted by Gasteiger charge is -1.98. The van der Waals surface area contributed by atoms with Crippen LogP contribution in [0.3, 0.4) is 0 Å². The second-order valence-electron chi connectivity index (χ2n) is 3.58. The van der Waals surface area contributed by atoms with E-state index < -0.39 is 15.7 Å². The van der Waals surface area contributed by atoms with E-state index in [4.69, 9.17) is 4.42 Å². The summed E-state index contributed by atoms with van der Waals surface area (Å²) in [6.07, 6.45) is 1.37. The second kappa shape index (κ2) is 3.90. The van der Waals surface area contributed by atoms with Gasteiger partial charge in [0.2, 0.25) is 0 Å². The number of benzene rings is 1. The first-order valence-electron chi connectivity index (χ1n) is 4.88. The molecule has 2 rings (SSSR count). The van der Waals surface area contributed by atoms with Gasteiger partial charge in [-0.1, -0.05) is 6.92 Å². The fourth-order valence-corrected chi connectivity index (χ4v) is 2.41. The SMILES string of the molecule is CCS(=O)(=O)Cc1coc2ccc(F)cc12. The number of hydrogen-bond donors (Lipinski definition) is 0. The van der Waals surface area contributed by atoms with Gasteiger partial charge >= 0.3 is 0 Å². The van der Waals surface area contributed by atoms with Gasteiger partial charge in [-0.05, 0) is 18.2 Å². The molecular weight excluding hydrogens is 231 g/mol. The Morgan fingerprint density at radius 1 is 1.38 bits per heavy atom. The largest absolute Gasteiger partial charge is 0.464 e. The van der Waals surface area contributed by atoms with Crippen LogP contribution in [0.4, 0.5) is 4.39 Å². The maximum absolute atomic E-state index is 13.0. The van der Waals surface area contributed by atoms with Gasteiger partial charge in [-0.15, -0.1) is 0 Å². The van der Waals surface area contributed by atoms with Crippen LogP contribution in [0.25, 0.3) is 11.0 Å². The average Bonchev–Trinajstić information content (AvgIpc) is 2.61. The van der Waals surface area contributed by atoms with Gasteiger partial charge in [-0.25, -0.2) is 12.8 Å². The average molecular weight is 242 g/mol. The van der Waals surface area contributed by atoms with Crippen molar-refractivity contribution in [3.63, 3.8) is 0 Å². The summed E-state index contributed by atoms with van der Waals surface area (Å²) in [6.45, 7) is 1.58. The van der Waals surface area contributed by atoms with E-state index in [1.54, 1.807) is 6.92 Å². The molecule has 0 atom stereocenters. The summed E-state index contributed by atoms with van der Waals surface area (Å²) in [4.78, 5) is 0. The molecule has 0 bridgehead atoms. The summed E-state index contributed by atoms with van der Waals surface area (Å²) in [7, 11) is -3.13. The third kappa shape index (κ3) is 2.09. The van der Waals surface area contributed by atoms with E-state index in [2.05, 4.69) is 0 Å². The van der Waals surface area contributed by atoms with E-state index in [9.17, 15) is 12.8 Å². The van der Waals surface area contributed by atoms with Gasteiger partial charge in [-0.3, -0.25) is 0 Å². The first-order chi connectivity index (χ1) is 7.52. The van der Waals surface area contributed by atoms with Crippen LogP contribution in [0.5, 0.6) is 0 Å². The molecule has 0 aliphatic rings. The highest BCUT2D eigenvalue weighted by Crippen LogP contribution is 2.23. The zero-order valence-corrected chi connectivity index (χ0v) is 9.55. The third-order valence-corrected chi connectivity index (χ3v) is 4.06. The fraction of sp³-hybridized carbons (Fsp3) is 0.273. The zero-order chi connectivity index (χ0) is 11.8. The van der Waals surface area contributed by atoms with E-state index in [1.165, 1.54) is 24.5 Å². The maximum Gasteiger partial charge on any atom is 0.154 e. The van der Waals surface area contributed by atoms with Gasteiger partial charge < -0.3 is 4.42 Å². The minimum absolute atomic E-state index is 0.0645. The van der Waals surface area contributed by atoms with E-state index in [1.807, 2.05) is 0 Å². The van der Waals surface area contributed by atoms with Gasteiger partial charge in [-0.2, -0.15) is 0 Å². The molecule has 0 radical (unpaired) electrons. The molecule has 3 nitrogen and oxygen atoms in total. The first kappa shape index (κ1) is 11.1. The Balaban J connectivity index is 2.50. The van der Waals surface area contributed by atoms with Gasteiger partial charge in [0.15, 0.2) is 9.84 Å². The number of hydrogen-bond acceptors (Lipinski definition) is 3. The summed E-state index contributed by atoms with van der Waals surface area (Å²) in [6, 6.07) is 4.07. The van der Waals surface area contributed by atoms with Crippen LogP contribution in [0.2, 0.25) is 0 Å². The molecule has 0 amide bonds. The number of sulfone groups is 1. The molecule has 0 aliphatic carbocycles. The number of halogens is 1. The van der Waals surface area contributed by atoms with Crippen molar-refractivity contribution in [2.24, 2.45) is 0 Å². The topological polar surface area (TPSA) is 47.3 Å². The Morgan fingerprint density at radius 3 is 2.81 bits per heavy atom. The molecule has 0 saturated carbocycles. The molecular formula is C11H11FO3S. The van der Waals surface area contributed by atoms with Crippen LogP contribution >= 0.6 is 0 Å². The molecule has 2 aromatic rings. The highest BCUT2D eigenvalue weighted by Gasteiger charge is 2.14. The molecule has 86 valence electrons. The predicted molar refractivity (Wildman–Crippen MR) is 59.3 cm³/mol. The van der Waals surface area contributed by atoms with Crippen molar-refractivity contribution >= 4 is 20.8 Å². The van der Waals surface area contributed by atoms with Crippen LogP contribution in [0, 0.1) is 5.82 Å². The molecule has 1 aromatic carbocycles. The van der Waals surface area contributed by atoms with E-state index in [0.29, 0.717) is 16.5 Å². The van der Waals surface area contributed by atoms with Crippen molar-refractivity contribution in [2.75, 3.05) is 5.75 Å². The fourth-order valence-electron chi connectivity index (χ4n) is 1.50. The minimum Gasteiger partial charge on any atom is -0.464 e. The number of furan rings is 1. The molecule has 0 spiro atoms. The lowest BCUT2D eigenvalue weighted by molar-refractivity contribution is 0.592. The van der Waals surface area contributed by atoms with Crippen molar-refractivity contribution < 1.29 is 17.2 Å². The third-order valence-electron chi connectivity index (χ3n) is 2.43. The Hall–Kier alpha value is -1.36. The second-order valence-corrected chi connectivity index (χ2v) is 5.93. The summed E-state index contributed by atoms with van der Waals surface area (Å²) in [5, 5.41) is 0.525. The van der Waals surface area contributed by atoms with Crippen LogP contribution in [-0.4, -0.2) is 14.2 Å². The number of fused-ring (bicyclic) bond motifs is 1. The van der Waals surface area contributed by atoms with Crippen LogP contribution in [0.15, 0.2) is 28.9 Å². The molecule has 0 N–H and O–H groups in total. The Bertz CT molecular complexity index is 613. The normalized spacial score (nSPS) is 12.1. The maximum atomic E-state index is 13.0. The zero-order valence-electron chi connectivity index (χ0n) is 8.73. The van der Waals surface area contributed by atoms with Gasteiger partial charge in [0, 0.05) is 16.7 Å². The number of rotatable bonds is 3. The lowest BCUT2D eigenvalue weighted by atomic mass is 10.2. The van der Waals surface area contributed by atoms with Gasteiger partial charge in [0.1, 0.15) is 11.4 Å². The molecule has 0 unspecified atom stereocenters. The highest BCUT2D eigenvalue weighted by atomic mass is 32.2. The van der Waals surface area contributed by atoms with Gasteiger partial charge in [0.05, 0.1) is 12.0 Å². The molecule has 0 aliphatic heterocycles. The Labute approximate surface area is 92.8 Å². The standard InChI is InChI=1S/C11H11FO3S/c1-2-16(13,14)7-8-6-15-11-4-3-9(12)5-10(8)11/h3-6H,2,7H2,1H3. The van der Waals surface area contributed by atoms with Crippen LogP contribution in [-0.2, 0) is 15.6 Å². The molecule has 0 fully saturated rings. The Morgan fingerprint density at radius 2 is 2.12 bits per heavy atom. The van der Waals surface area contributed by atoms with Crippen molar-refractivity contribution in [1.82, 2.24) is 0 Å².